The van der Waals surface area contributed by atoms with Crippen LogP contribution >= 0.6 is 22.9 Å². The number of thiophene rings is 1. The molecule has 226 valence electrons. The van der Waals surface area contributed by atoms with Crippen molar-refractivity contribution in [3.63, 3.8) is 0 Å². The van der Waals surface area contributed by atoms with Crippen molar-refractivity contribution < 1.29 is 42.9 Å². The highest BCUT2D eigenvalue weighted by Gasteiger charge is 2.27. The number of ether oxygens (including phenoxy) is 6. The highest BCUT2D eigenvalue weighted by Crippen LogP contribution is 2.40. The Morgan fingerprint density at radius 1 is 1.02 bits per heavy atom. The van der Waals surface area contributed by atoms with Crippen LogP contribution in [0.1, 0.15) is 27.7 Å². The molecule has 0 aliphatic carbocycles. The number of nitro benzene ring substituents is 1. The average Bonchev–Trinajstić information content (AvgIpc) is 3.56. The molecule has 14 heteroatoms. The van der Waals surface area contributed by atoms with Gasteiger partial charge in [-0.15, -0.1) is 11.3 Å². The Hall–Kier alpha value is -5.14. The SMILES string of the molecule is CCOc1cc(/C=C2/N=C(c3cc(OC)c(OC)c(OC)c3)OC2=O)ccc1OC(=O)c1sc2cc([N+](=O)[O-])ccc2c1Cl. The summed E-state index contributed by atoms with van der Waals surface area (Å²) in [5, 5.41) is 11.8. The van der Waals surface area contributed by atoms with E-state index in [9.17, 15) is 19.7 Å². The van der Waals surface area contributed by atoms with Crippen molar-refractivity contribution in [3.8, 4) is 28.7 Å². The fourth-order valence-electron chi connectivity index (χ4n) is 4.31. The molecule has 0 N–H and O–H groups in total. The van der Waals surface area contributed by atoms with Crippen molar-refractivity contribution in [1.82, 2.24) is 0 Å². The lowest BCUT2D eigenvalue weighted by molar-refractivity contribution is -0.384. The number of hydrogen-bond donors (Lipinski definition) is 0. The Balaban J connectivity index is 1.42. The predicted octanol–water partition coefficient (Wildman–Crippen LogP) is 6.45. The molecule has 1 aromatic heterocycles. The number of esters is 2. The van der Waals surface area contributed by atoms with Crippen LogP contribution in [0.4, 0.5) is 5.69 Å². The Labute approximate surface area is 259 Å². The third kappa shape index (κ3) is 5.87. The van der Waals surface area contributed by atoms with Crippen LogP contribution in [-0.2, 0) is 9.53 Å². The lowest BCUT2D eigenvalue weighted by atomic mass is 10.1. The predicted molar refractivity (Wildman–Crippen MR) is 163 cm³/mol. The second-order valence-electron chi connectivity index (χ2n) is 8.96. The molecule has 0 spiro atoms. The van der Waals surface area contributed by atoms with Crippen molar-refractivity contribution in [2.24, 2.45) is 4.99 Å². The standard InChI is InChI=1S/C30H23ClN2O10S/c1-5-41-21-11-15(10-19-29(34)43-28(32-19)16-12-22(38-2)26(40-4)23(13-16)39-3)6-9-20(21)42-30(35)27-25(31)18-8-7-17(33(36)37)14-24(18)44-27/h6-14H,5H2,1-4H3/b19-10+. The zero-order valence-corrected chi connectivity index (χ0v) is 25.2. The zero-order chi connectivity index (χ0) is 31.5. The fourth-order valence-corrected chi connectivity index (χ4v) is 5.72. The maximum absolute atomic E-state index is 13.1. The van der Waals surface area contributed by atoms with Gasteiger partial charge in [0.15, 0.2) is 28.7 Å². The van der Waals surface area contributed by atoms with Gasteiger partial charge < -0.3 is 28.4 Å². The molecule has 0 unspecified atom stereocenters. The number of methoxy groups -OCH3 is 3. The molecule has 0 saturated carbocycles. The van der Waals surface area contributed by atoms with Crippen molar-refractivity contribution in [2.75, 3.05) is 27.9 Å². The molecule has 0 amide bonds. The molecule has 2 heterocycles. The van der Waals surface area contributed by atoms with E-state index in [2.05, 4.69) is 4.99 Å². The van der Waals surface area contributed by atoms with E-state index in [1.54, 1.807) is 31.2 Å². The van der Waals surface area contributed by atoms with Gasteiger partial charge in [0.05, 0.1) is 37.9 Å². The molecule has 1 aliphatic rings. The van der Waals surface area contributed by atoms with Gasteiger partial charge in [0.2, 0.25) is 11.6 Å². The van der Waals surface area contributed by atoms with E-state index in [-0.39, 0.29) is 45.3 Å². The van der Waals surface area contributed by atoms with Crippen LogP contribution in [0.2, 0.25) is 5.02 Å². The molecule has 0 bridgehead atoms. The normalized spacial score (nSPS) is 13.4. The Bertz CT molecular complexity index is 1860. The van der Waals surface area contributed by atoms with Gasteiger partial charge in [-0.2, -0.15) is 0 Å². The number of carbonyl (C=O) groups excluding carboxylic acids is 2. The molecule has 0 radical (unpaired) electrons. The van der Waals surface area contributed by atoms with Crippen molar-refractivity contribution in [1.29, 1.82) is 0 Å². The van der Waals surface area contributed by atoms with Crippen LogP contribution in [0.5, 0.6) is 28.7 Å². The number of non-ortho nitro benzene ring substituents is 1. The van der Waals surface area contributed by atoms with Crippen LogP contribution in [0.3, 0.4) is 0 Å². The van der Waals surface area contributed by atoms with E-state index >= 15 is 0 Å². The minimum Gasteiger partial charge on any atom is -0.493 e. The van der Waals surface area contributed by atoms with E-state index < -0.39 is 16.9 Å². The summed E-state index contributed by atoms with van der Waals surface area (Å²) < 4.78 is 33.3. The molecule has 4 aromatic rings. The second-order valence-corrected chi connectivity index (χ2v) is 10.4. The first-order valence-corrected chi connectivity index (χ1v) is 14.0. The van der Waals surface area contributed by atoms with Crippen molar-refractivity contribution in [2.45, 2.75) is 6.92 Å². The van der Waals surface area contributed by atoms with Gasteiger partial charge in [-0.05, 0) is 48.9 Å². The highest BCUT2D eigenvalue weighted by atomic mass is 35.5. The minimum atomic E-state index is -0.759. The van der Waals surface area contributed by atoms with Crippen molar-refractivity contribution in [3.05, 3.63) is 85.4 Å². The monoisotopic (exact) mass is 638 g/mol. The van der Waals surface area contributed by atoms with Crippen molar-refractivity contribution >= 4 is 62.6 Å². The van der Waals surface area contributed by atoms with E-state index in [0.717, 1.165) is 11.3 Å². The summed E-state index contributed by atoms with van der Waals surface area (Å²) in [6, 6.07) is 12.1. The third-order valence-electron chi connectivity index (χ3n) is 6.32. The summed E-state index contributed by atoms with van der Waals surface area (Å²) in [5.41, 5.74) is 0.849. The summed E-state index contributed by atoms with van der Waals surface area (Å²) in [6.45, 7) is 2.01. The number of cyclic esters (lactones) is 1. The largest absolute Gasteiger partial charge is 0.493 e. The minimum absolute atomic E-state index is 0.0205. The zero-order valence-electron chi connectivity index (χ0n) is 23.7. The third-order valence-corrected chi connectivity index (χ3v) is 7.95. The lowest BCUT2D eigenvalue weighted by Gasteiger charge is -2.13. The molecular formula is C30H23ClN2O10S. The van der Waals surface area contributed by atoms with Crippen LogP contribution < -0.4 is 23.7 Å². The summed E-state index contributed by atoms with van der Waals surface area (Å²) in [4.78, 5) is 40.8. The summed E-state index contributed by atoms with van der Waals surface area (Å²) in [7, 11) is 4.42. The molecule has 0 saturated heterocycles. The Morgan fingerprint density at radius 2 is 1.75 bits per heavy atom. The average molecular weight is 639 g/mol. The Morgan fingerprint density at radius 3 is 2.39 bits per heavy atom. The van der Waals surface area contributed by atoms with Gasteiger partial charge in [0.25, 0.3) is 5.69 Å². The number of aliphatic imine (C=N–C) groups is 1. The molecule has 0 atom stereocenters. The maximum atomic E-state index is 13.1. The van der Waals surface area contributed by atoms with E-state index in [1.807, 2.05) is 0 Å². The number of halogens is 1. The fraction of sp³-hybridized carbons (Fsp3) is 0.167. The summed E-state index contributed by atoms with van der Waals surface area (Å²) in [5.74, 6) is 0.0403. The molecule has 0 fully saturated rings. The smallest absolute Gasteiger partial charge is 0.363 e. The second kappa shape index (κ2) is 12.6. The number of rotatable bonds is 10. The van der Waals surface area contributed by atoms with Gasteiger partial charge in [-0.3, -0.25) is 10.1 Å². The molecule has 5 rings (SSSR count). The van der Waals surface area contributed by atoms with Gasteiger partial charge in [-0.25, -0.2) is 14.6 Å². The van der Waals surface area contributed by atoms with Gasteiger partial charge in [0.1, 0.15) is 4.88 Å². The number of fused-ring (bicyclic) bond motifs is 1. The summed E-state index contributed by atoms with van der Waals surface area (Å²) >= 11 is 7.40. The quantitative estimate of drug-likeness (QED) is 0.0624. The first-order chi connectivity index (χ1) is 21.2. The molecular weight excluding hydrogens is 616 g/mol. The number of hydrogen-bond acceptors (Lipinski definition) is 12. The molecule has 3 aromatic carbocycles. The van der Waals surface area contributed by atoms with Gasteiger partial charge in [0, 0.05) is 27.8 Å². The highest BCUT2D eigenvalue weighted by molar-refractivity contribution is 7.21. The first kappa shape index (κ1) is 30.3. The molecule has 44 heavy (non-hydrogen) atoms. The van der Waals surface area contributed by atoms with Gasteiger partial charge >= 0.3 is 11.9 Å². The summed E-state index contributed by atoms with van der Waals surface area (Å²) in [6.07, 6.45) is 1.50. The number of nitrogens with zero attached hydrogens (tertiary/aromatic N) is 2. The first-order valence-electron chi connectivity index (χ1n) is 12.9. The number of carbonyl (C=O) groups is 2. The maximum Gasteiger partial charge on any atom is 0.363 e. The van der Waals surface area contributed by atoms with Crippen LogP contribution in [0.25, 0.3) is 16.2 Å². The van der Waals surface area contributed by atoms with E-state index in [0.29, 0.717) is 38.5 Å². The van der Waals surface area contributed by atoms with Crippen LogP contribution in [0, 0.1) is 10.1 Å². The Kier molecular flexibility index (Phi) is 8.69. The van der Waals surface area contributed by atoms with E-state index in [1.165, 1.54) is 51.7 Å². The molecule has 1 aliphatic heterocycles. The topological polar surface area (TPSA) is 145 Å². The van der Waals surface area contributed by atoms with Crippen LogP contribution in [-0.4, -0.2) is 50.7 Å². The van der Waals surface area contributed by atoms with E-state index in [4.69, 9.17) is 40.0 Å². The number of nitro groups is 1. The van der Waals surface area contributed by atoms with Gasteiger partial charge in [-0.1, -0.05) is 17.7 Å². The molecule has 12 nitrogen and oxygen atoms in total. The number of benzene rings is 3. The lowest BCUT2D eigenvalue weighted by Crippen LogP contribution is -2.08. The van der Waals surface area contributed by atoms with Crippen LogP contribution in [0.15, 0.2) is 59.2 Å².